The zero-order valence-corrected chi connectivity index (χ0v) is 11.2. The molecule has 0 radical (unpaired) electrons. The van der Waals surface area contributed by atoms with Crippen LogP contribution in [0.15, 0.2) is 0 Å². The second-order valence-electron chi connectivity index (χ2n) is 6.16. The maximum absolute atomic E-state index is 12.3. The fraction of sp³-hybridized carbons (Fsp3) is 0.929. The third-order valence-electron chi connectivity index (χ3n) is 4.80. The second-order valence-corrected chi connectivity index (χ2v) is 6.16. The average Bonchev–Trinajstić information content (AvgIpc) is 2.87. The van der Waals surface area contributed by atoms with E-state index < -0.39 is 5.60 Å². The van der Waals surface area contributed by atoms with Crippen LogP contribution >= 0.6 is 0 Å². The predicted molar refractivity (Wildman–Crippen MR) is 71.0 cm³/mol. The third kappa shape index (κ3) is 2.86. The molecule has 4 N–H and O–H groups in total. The summed E-state index contributed by atoms with van der Waals surface area (Å²) >= 11 is 0. The Balaban J connectivity index is 1.87. The molecule has 2 rings (SSSR count). The Bertz CT molecular complexity index is 292. The first-order valence-corrected chi connectivity index (χ1v) is 7.31. The molecule has 0 aromatic rings. The fourth-order valence-corrected chi connectivity index (χ4v) is 3.39. The van der Waals surface area contributed by atoms with Crippen LogP contribution in [0.5, 0.6) is 0 Å². The van der Waals surface area contributed by atoms with Crippen molar-refractivity contribution in [3.63, 3.8) is 0 Å². The molecule has 0 aromatic carbocycles. The van der Waals surface area contributed by atoms with E-state index in [1.54, 1.807) is 0 Å². The van der Waals surface area contributed by atoms with Gasteiger partial charge in [0.15, 0.2) is 0 Å². The average molecular weight is 254 g/mol. The molecule has 2 aliphatic carbocycles. The van der Waals surface area contributed by atoms with E-state index in [2.05, 4.69) is 5.32 Å². The summed E-state index contributed by atoms with van der Waals surface area (Å²) in [6, 6.07) is 0. The molecule has 0 unspecified atom stereocenters. The topological polar surface area (TPSA) is 75.4 Å². The maximum Gasteiger partial charge on any atom is 0.227 e. The van der Waals surface area contributed by atoms with E-state index >= 15 is 0 Å². The zero-order chi connectivity index (χ0) is 13.1. The van der Waals surface area contributed by atoms with Gasteiger partial charge < -0.3 is 16.2 Å². The first-order valence-electron chi connectivity index (χ1n) is 7.31. The van der Waals surface area contributed by atoms with Crippen LogP contribution in [0.4, 0.5) is 0 Å². The van der Waals surface area contributed by atoms with Gasteiger partial charge in [-0.25, -0.2) is 0 Å². The van der Waals surface area contributed by atoms with Crippen LogP contribution in [0.2, 0.25) is 0 Å². The fourth-order valence-electron chi connectivity index (χ4n) is 3.39. The van der Waals surface area contributed by atoms with Gasteiger partial charge in [0.2, 0.25) is 5.91 Å². The minimum absolute atomic E-state index is 0.0569. The normalized spacial score (nSPS) is 25.9. The van der Waals surface area contributed by atoms with Crippen LogP contribution in [-0.4, -0.2) is 29.7 Å². The molecule has 0 spiro atoms. The van der Waals surface area contributed by atoms with Gasteiger partial charge in [0.1, 0.15) is 0 Å². The molecule has 2 saturated carbocycles. The molecule has 0 aliphatic heterocycles. The lowest BCUT2D eigenvalue weighted by atomic mass is 9.83. The highest BCUT2D eigenvalue weighted by atomic mass is 16.3. The highest BCUT2D eigenvalue weighted by Crippen LogP contribution is 2.37. The Morgan fingerprint density at radius 2 is 1.61 bits per heavy atom. The Morgan fingerprint density at radius 1 is 1.06 bits per heavy atom. The van der Waals surface area contributed by atoms with Gasteiger partial charge in [-0.05, 0) is 25.7 Å². The summed E-state index contributed by atoms with van der Waals surface area (Å²) in [5.41, 5.74) is 4.75. The summed E-state index contributed by atoms with van der Waals surface area (Å²) in [5, 5.41) is 13.3. The summed E-state index contributed by atoms with van der Waals surface area (Å²) in [4.78, 5) is 12.3. The number of carbonyl (C=O) groups is 1. The van der Waals surface area contributed by atoms with E-state index in [1.807, 2.05) is 0 Å². The summed E-state index contributed by atoms with van der Waals surface area (Å²) < 4.78 is 0. The van der Waals surface area contributed by atoms with E-state index in [1.165, 1.54) is 6.42 Å². The number of carbonyl (C=O) groups excluding carboxylic acids is 1. The zero-order valence-electron chi connectivity index (χ0n) is 11.2. The van der Waals surface area contributed by atoms with Crippen LogP contribution in [0, 0.1) is 5.41 Å². The lowest BCUT2D eigenvalue weighted by Gasteiger charge is -2.34. The standard InChI is InChI=1S/C14H26N2O2/c15-10-13(6-4-5-7-13)12(17)16-11-14(18)8-2-1-3-9-14/h18H,1-11,15H2,(H,16,17). The van der Waals surface area contributed by atoms with Crippen molar-refractivity contribution >= 4 is 5.91 Å². The third-order valence-corrected chi connectivity index (χ3v) is 4.80. The maximum atomic E-state index is 12.3. The van der Waals surface area contributed by atoms with Gasteiger partial charge in [-0.2, -0.15) is 0 Å². The van der Waals surface area contributed by atoms with Gasteiger partial charge in [0.25, 0.3) is 0 Å². The summed E-state index contributed by atoms with van der Waals surface area (Å²) in [5.74, 6) is 0.0569. The molecule has 0 aromatic heterocycles. The van der Waals surface area contributed by atoms with Crippen molar-refractivity contribution in [2.24, 2.45) is 11.1 Å². The number of hydrogen-bond donors (Lipinski definition) is 3. The Kier molecular flexibility index (Phi) is 4.28. The van der Waals surface area contributed by atoms with E-state index in [9.17, 15) is 9.90 Å². The summed E-state index contributed by atoms with van der Waals surface area (Å²) in [7, 11) is 0. The molecular weight excluding hydrogens is 228 g/mol. The predicted octanol–water partition coefficient (Wildman–Crippen LogP) is 1.32. The number of nitrogens with one attached hydrogen (secondary N) is 1. The molecule has 104 valence electrons. The minimum atomic E-state index is -0.678. The summed E-state index contributed by atoms with van der Waals surface area (Å²) in [6.07, 6.45) is 8.92. The van der Waals surface area contributed by atoms with E-state index in [-0.39, 0.29) is 11.3 Å². The Morgan fingerprint density at radius 3 is 2.17 bits per heavy atom. The number of nitrogens with two attached hydrogens (primary N) is 1. The number of aliphatic hydroxyl groups is 1. The number of amides is 1. The highest BCUT2D eigenvalue weighted by molar-refractivity contribution is 5.83. The summed E-state index contributed by atoms with van der Waals surface area (Å²) in [6.45, 7) is 0.824. The second kappa shape index (κ2) is 5.57. The van der Waals surface area contributed by atoms with Crippen molar-refractivity contribution in [2.45, 2.75) is 63.4 Å². The Labute approximate surface area is 109 Å². The van der Waals surface area contributed by atoms with Crippen molar-refractivity contribution in [1.82, 2.24) is 5.32 Å². The van der Waals surface area contributed by atoms with E-state index in [4.69, 9.17) is 5.73 Å². The molecule has 4 nitrogen and oxygen atoms in total. The van der Waals surface area contributed by atoms with Crippen molar-refractivity contribution in [3.8, 4) is 0 Å². The van der Waals surface area contributed by atoms with Crippen LogP contribution in [0.1, 0.15) is 57.8 Å². The van der Waals surface area contributed by atoms with Crippen molar-refractivity contribution in [3.05, 3.63) is 0 Å². The molecule has 0 heterocycles. The lowest BCUT2D eigenvalue weighted by molar-refractivity contribution is -0.132. The molecule has 1 amide bonds. The molecule has 0 saturated heterocycles. The SMILES string of the molecule is NCC1(C(=O)NCC2(O)CCCCC2)CCCC1. The monoisotopic (exact) mass is 254 g/mol. The molecule has 0 atom stereocenters. The number of rotatable bonds is 4. The smallest absolute Gasteiger partial charge is 0.227 e. The molecule has 0 bridgehead atoms. The van der Waals surface area contributed by atoms with Gasteiger partial charge in [-0.3, -0.25) is 4.79 Å². The Hall–Kier alpha value is -0.610. The van der Waals surface area contributed by atoms with Crippen molar-refractivity contribution in [2.75, 3.05) is 13.1 Å². The molecule has 2 aliphatic rings. The number of hydrogen-bond acceptors (Lipinski definition) is 3. The van der Waals surface area contributed by atoms with Crippen LogP contribution in [0.3, 0.4) is 0 Å². The van der Waals surface area contributed by atoms with Crippen LogP contribution in [-0.2, 0) is 4.79 Å². The first kappa shape index (κ1) is 13.8. The molecule has 2 fully saturated rings. The first-order chi connectivity index (χ1) is 8.60. The molecule has 18 heavy (non-hydrogen) atoms. The molecule has 4 heteroatoms. The largest absolute Gasteiger partial charge is 0.388 e. The van der Waals surface area contributed by atoms with Gasteiger partial charge in [-0.15, -0.1) is 0 Å². The lowest BCUT2D eigenvalue weighted by Crippen LogP contribution is -2.50. The molecular formula is C14H26N2O2. The van der Waals surface area contributed by atoms with Gasteiger partial charge in [0.05, 0.1) is 11.0 Å². The van der Waals surface area contributed by atoms with Crippen LogP contribution in [0.25, 0.3) is 0 Å². The van der Waals surface area contributed by atoms with Gasteiger partial charge in [0, 0.05) is 13.1 Å². The van der Waals surface area contributed by atoms with Gasteiger partial charge in [-0.1, -0.05) is 32.1 Å². The van der Waals surface area contributed by atoms with E-state index in [0.29, 0.717) is 13.1 Å². The van der Waals surface area contributed by atoms with Crippen molar-refractivity contribution < 1.29 is 9.90 Å². The minimum Gasteiger partial charge on any atom is -0.388 e. The quantitative estimate of drug-likeness (QED) is 0.708. The van der Waals surface area contributed by atoms with Gasteiger partial charge >= 0.3 is 0 Å². The van der Waals surface area contributed by atoms with Crippen LogP contribution < -0.4 is 11.1 Å². The highest BCUT2D eigenvalue weighted by Gasteiger charge is 2.40. The van der Waals surface area contributed by atoms with E-state index in [0.717, 1.165) is 51.4 Å². The van der Waals surface area contributed by atoms with Crippen molar-refractivity contribution in [1.29, 1.82) is 0 Å².